The first kappa shape index (κ1) is 19.4. The molecule has 0 saturated carbocycles. The van der Waals surface area contributed by atoms with Gasteiger partial charge in [0.25, 0.3) is 0 Å². The third-order valence-electron chi connectivity index (χ3n) is 4.75. The Morgan fingerprint density at radius 2 is 1.96 bits per heavy atom. The van der Waals surface area contributed by atoms with Crippen LogP contribution in [0.25, 0.3) is 0 Å². The number of pyridine rings is 1. The van der Waals surface area contributed by atoms with Crippen LogP contribution in [0.5, 0.6) is 0 Å². The van der Waals surface area contributed by atoms with Crippen molar-refractivity contribution in [2.24, 2.45) is 0 Å². The van der Waals surface area contributed by atoms with Crippen molar-refractivity contribution in [2.75, 3.05) is 18.5 Å². The standard InChI is InChI=1S/C22H29N3O2/c1-22(2,3)27-21(26)24(4)20-18(12-8-14-23-20)19-13-9-15-25(19)16-17-10-6-5-7-11-17/h5-8,10-12,14,19H,9,13,15-16H2,1-4H3. The second-order valence-electron chi connectivity index (χ2n) is 8.07. The number of nitrogens with zero attached hydrogens (tertiary/aromatic N) is 3. The van der Waals surface area contributed by atoms with Gasteiger partial charge in [-0.3, -0.25) is 9.80 Å². The number of amides is 1. The van der Waals surface area contributed by atoms with E-state index >= 15 is 0 Å². The lowest BCUT2D eigenvalue weighted by atomic mass is 10.0. The van der Waals surface area contributed by atoms with Crippen LogP contribution < -0.4 is 4.90 Å². The number of carbonyl (C=O) groups is 1. The number of likely N-dealkylation sites (tertiary alicyclic amines) is 1. The molecule has 3 rings (SSSR count). The van der Waals surface area contributed by atoms with Gasteiger partial charge in [0.15, 0.2) is 0 Å². The fourth-order valence-electron chi connectivity index (χ4n) is 3.55. The maximum atomic E-state index is 12.5. The second kappa shape index (κ2) is 8.09. The number of ether oxygens (including phenoxy) is 1. The molecule has 5 heteroatoms. The summed E-state index contributed by atoms with van der Waals surface area (Å²) in [4.78, 5) is 21.1. The lowest BCUT2D eigenvalue weighted by Crippen LogP contribution is -2.35. The van der Waals surface area contributed by atoms with Crippen molar-refractivity contribution in [1.29, 1.82) is 0 Å². The highest BCUT2D eigenvalue weighted by Gasteiger charge is 2.31. The summed E-state index contributed by atoms with van der Waals surface area (Å²) in [5.41, 5.74) is 1.85. The lowest BCUT2D eigenvalue weighted by Gasteiger charge is -2.29. The fraction of sp³-hybridized carbons (Fsp3) is 0.455. The van der Waals surface area contributed by atoms with Crippen LogP contribution in [0.2, 0.25) is 0 Å². The van der Waals surface area contributed by atoms with Crippen LogP contribution in [0.1, 0.15) is 50.8 Å². The molecule has 0 aliphatic carbocycles. The van der Waals surface area contributed by atoms with Gasteiger partial charge in [0.05, 0.1) is 0 Å². The quantitative estimate of drug-likeness (QED) is 0.779. The first-order valence-corrected chi connectivity index (χ1v) is 9.55. The van der Waals surface area contributed by atoms with E-state index in [9.17, 15) is 4.79 Å². The Balaban J connectivity index is 1.83. The summed E-state index contributed by atoms with van der Waals surface area (Å²) in [6.45, 7) is 7.56. The zero-order chi connectivity index (χ0) is 19.4. The molecule has 144 valence electrons. The van der Waals surface area contributed by atoms with E-state index in [0.29, 0.717) is 5.82 Å². The second-order valence-corrected chi connectivity index (χ2v) is 8.07. The molecule has 0 bridgehead atoms. The minimum Gasteiger partial charge on any atom is -0.443 e. The number of aromatic nitrogens is 1. The van der Waals surface area contributed by atoms with E-state index in [0.717, 1.165) is 31.5 Å². The van der Waals surface area contributed by atoms with Crippen LogP contribution in [0.15, 0.2) is 48.7 Å². The molecule has 1 unspecified atom stereocenters. The smallest absolute Gasteiger partial charge is 0.415 e. The molecule has 1 aliphatic rings. The highest BCUT2D eigenvalue weighted by molar-refractivity contribution is 5.87. The molecule has 2 heterocycles. The van der Waals surface area contributed by atoms with Gasteiger partial charge in [-0.1, -0.05) is 36.4 Å². The summed E-state index contributed by atoms with van der Waals surface area (Å²) in [6.07, 6.45) is 3.56. The van der Waals surface area contributed by atoms with Crippen LogP contribution in [0.4, 0.5) is 10.6 Å². The van der Waals surface area contributed by atoms with Crippen molar-refractivity contribution >= 4 is 11.9 Å². The molecule has 1 fully saturated rings. The summed E-state index contributed by atoms with van der Waals surface area (Å²) in [7, 11) is 1.73. The molecule has 0 spiro atoms. The predicted molar refractivity (Wildman–Crippen MR) is 108 cm³/mol. The fourth-order valence-corrected chi connectivity index (χ4v) is 3.55. The van der Waals surface area contributed by atoms with Gasteiger partial charge in [-0.2, -0.15) is 0 Å². The van der Waals surface area contributed by atoms with E-state index in [2.05, 4.69) is 40.2 Å². The molecule has 1 atom stereocenters. The van der Waals surface area contributed by atoms with Crippen LogP contribution >= 0.6 is 0 Å². The SMILES string of the molecule is CN(C(=O)OC(C)(C)C)c1ncccc1C1CCCN1Cc1ccccc1. The highest BCUT2D eigenvalue weighted by Crippen LogP contribution is 2.37. The molecule has 1 aromatic carbocycles. The van der Waals surface area contributed by atoms with Gasteiger partial charge < -0.3 is 4.74 Å². The zero-order valence-corrected chi connectivity index (χ0v) is 16.7. The van der Waals surface area contributed by atoms with Gasteiger partial charge in [-0.25, -0.2) is 9.78 Å². The number of rotatable bonds is 4. The van der Waals surface area contributed by atoms with Crippen molar-refractivity contribution in [3.63, 3.8) is 0 Å². The minimum absolute atomic E-state index is 0.249. The number of benzene rings is 1. The highest BCUT2D eigenvalue weighted by atomic mass is 16.6. The van der Waals surface area contributed by atoms with E-state index in [4.69, 9.17) is 4.74 Å². The van der Waals surface area contributed by atoms with Gasteiger partial charge in [0.2, 0.25) is 0 Å². The Hall–Kier alpha value is -2.40. The Labute approximate surface area is 162 Å². The van der Waals surface area contributed by atoms with Crippen LogP contribution in [-0.2, 0) is 11.3 Å². The Morgan fingerprint density at radius 3 is 2.67 bits per heavy atom. The molecule has 0 N–H and O–H groups in total. The number of hydrogen-bond acceptors (Lipinski definition) is 4. The molecule has 1 aromatic heterocycles. The van der Waals surface area contributed by atoms with E-state index in [1.165, 1.54) is 10.5 Å². The topological polar surface area (TPSA) is 45.7 Å². The average Bonchev–Trinajstić information content (AvgIpc) is 3.08. The van der Waals surface area contributed by atoms with Crippen LogP contribution in [0, 0.1) is 0 Å². The normalized spacial score (nSPS) is 17.7. The van der Waals surface area contributed by atoms with Gasteiger partial charge in [0.1, 0.15) is 11.4 Å². The number of hydrogen-bond donors (Lipinski definition) is 0. The van der Waals surface area contributed by atoms with E-state index < -0.39 is 5.60 Å². The van der Waals surface area contributed by atoms with Gasteiger partial charge in [0, 0.05) is 31.4 Å². The largest absolute Gasteiger partial charge is 0.443 e. The Kier molecular flexibility index (Phi) is 5.80. The Morgan fingerprint density at radius 1 is 1.22 bits per heavy atom. The third kappa shape index (κ3) is 4.86. The molecular formula is C22H29N3O2. The number of anilines is 1. The van der Waals surface area contributed by atoms with E-state index in [1.54, 1.807) is 13.2 Å². The van der Waals surface area contributed by atoms with Gasteiger partial charge in [-0.05, 0) is 51.8 Å². The molecule has 2 aromatic rings. The maximum absolute atomic E-state index is 12.5. The average molecular weight is 367 g/mol. The van der Waals surface area contributed by atoms with Crippen molar-refractivity contribution in [1.82, 2.24) is 9.88 Å². The molecule has 5 nitrogen and oxygen atoms in total. The van der Waals surface area contributed by atoms with Crippen molar-refractivity contribution in [2.45, 2.75) is 51.8 Å². The van der Waals surface area contributed by atoms with Crippen molar-refractivity contribution in [3.8, 4) is 0 Å². The zero-order valence-electron chi connectivity index (χ0n) is 16.7. The number of carbonyl (C=O) groups excluding carboxylic acids is 1. The van der Waals surface area contributed by atoms with Crippen molar-refractivity contribution in [3.05, 3.63) is 59.8 Å². The third-order valence-corrected chi connectivity index (χ3v) is 4.75. The minimum atomic E-state index is -0.535. The predicted octanol–water partition coefficient (Wildman–Crippen LogP) is 4.79. The maximum Gasteiger partial charge on any atom is 0.415 e. The summed E-state index contributed by atoms with van der Waals surface area (Å²) in [5, 5.41) is 0. The summed E-state index contributed by atoms with van der Waals surface area (Å²) in [6, 6.07) is 14.8. The van der Waals surface area contributed by atoms with Crippen LogP contribution in [-0.4, -0.2) is 35.2 Å². The van der Waals surface area contributed by atoms with E-state index in [1.807, 2.05) is 32.9 Å². The molecule has 1 aliphatic heterocycles. The van der Waals surface area contributed by atoms with Gasteiger partial charge in [-0.15, -0.1) is 0 Å². The molecule has 27 heavy (non-hydrogen) atoms. The van der Waals surface area contributed by atoms with Gasteiger partial charge >= 0.3 is 6.09 Å². The van der Waals surface area contributed by atoms with Crippen molar-refractivity contribution < 1.29 is 9.53 Å². The monoisotopic (exact) mass is 367 g/mol. The summed E-state index contributed by atoms with van der Waals surface area (Å²) in [5.74, 6) is 0.678. The first-order valence-electron chi connectivity index (χ1n) is 9.55. The molecule has 1 saturated heterocycles. The summed E-state index contributed by atoms with van der Waals surface area (Å²) < 4.78 is 5.53. The lowest BCUT2D eigenvalue weighted by molar-refractivity contribution is 0.0587. The van der Waals surface area contributed by atoms with E-state index in [-0.39, 0.29) is 12.1 Å². The first-order chi connectivity index (χ1) is 12.8. The molecule has 0 radical (unpaired) electrons. The van der Waals surface area contributed by atoms with Crippen LogP contribution in [0.3, 0.4) is 0 Å². The molecule has 1 amide bonds. The Bertz CT molecular complexity index is 771. The summed E-state index contributed by atoms with van der Waals surface area (Å²) >= 11 is 0. The molecular weight excluding hydrogens is 338 g/mol.